The molecule has 1 atom stereocenters. The van der Waals surface area contributed by atoms with E-state index in [1.165, 1.54) is 17.7 Å². The number of nitrogens with one attached hydrogen (secondary N) is 1. The lowest BCUT2D eigenvalue weighted by Gasteiger charge is -2.10. The van der Waals surface area contributed by atoms with Crippen LogP contribution in [0.2, 0.25) is 0 Å². The SMILES string of the molecule is O=C(Cc1cccc(F)c1)C1Cc2ccccc2N1. The van der Waals surface area contributed by atoms with E-state index in [0.717, 1.165) is 11.3 Å². The van der Waals surface area contributed by atoms with Gasteiger partial charge < -0.3 is 5.32 Å². The van der Waals surface area contributed by atoms with Crippen molar-refractivity contribution in [3.63, 3.8) is 0 Å². The number of Topliss-reactive ketones (excluding diaryl/α,β-unsaturated/α-hetero) is 1. The minimum atomic E-state index is -0.298. The zero-order chi connectivity index (χ0) is 13.2. The third kappa shape index (κ3) is 2.50. The van der Waals surface area contributed by atoms with E-state index in [1.807, 2.05) is 24.3 Å². The summed E-state index contributed by atoms with van der Waals surface area (Å²) in [7, 11) is 0. The Morgan fingerprint density at radius 3 is 2.84 bits per heavy atom. The summed E-state index contributed by atoms with van der Waals surface area (Å²) < 4.78 is 13.1. The zero-order valence-corrected chi connectivity index (χ0v) is 10.4. The van der Waals surface area contributed by atoms with Crippen LogP contribution in [0.3, 0.4) is 0 Å². The van der Waals surface area contributed by atoms with Gasteiger partial charge in [0, 0.05) is 18.5 Å². The van der Waals surface area contributed by atoms with E-state index < -0.39 is 0 Å². The maximum absolute atomic E-state index is 13.1. The van der Waals surface area contributed by atoms with Crippen molar-refractivity contribution in [1.29, 1.82) is 0 Å². The van der Waals surface area contributed by atoms with Crippen molar-refractivity contribution in [3.8, 4) is 0 Å². The van der Waals surface area contributed by atoms with Gasteiger partial charge in [-0.05, 0) is 29.3 Å². The second-order valence-electron chi connectivity index (χ2n) is 4.83. The molecular weight excluding hydrogens is 241 g/mol. The zero-order valence-electron chi connectivity index (χ0n) is 10.4. The number of carbonyl (C=O) groups excluding carboxylic acids is 1. The van der Waals surface area contributed by atoms with Crippen LogP contribution in [-0.4, -0.2) is 11.8 Å². The first kappa shape index (κ1) is 11.9. The van der Waals surface area contributed by atoms with Gasteiger partial charge in [-0.1, -0.05) is 30.3 Å². The molecule has 1 N–H and O–H groups in total. The van der Waals surface area contributed by atoms with Crippen molar-refractivity contribution in [1.82, 2.24) is 0 Å². The summed E-state index contributed by atoms with van der Waals surface area (Å²) in [4.78, 5) is 12.2. The highest BCUT2D eigenvalue weighted by Crippen LogP contribution is 2.26. The molecule has 19 heavy (non-hydrogen) atoms. The Balaban J connectivity index is 1.70. The van der Waals surface area contributed by atoms with Crippen LogP contribution in [0.25, 0.3) is 0 Å². The number of rotatable bonds is 3. The molecule has 0 fully saturated rings. The monoisotopic (exact) mass is 255 g/mol. The lowest BCUT2D eigenvalue weighted by atomic mass is 10.0. The third-order valence-electron chi connectivity index (χ3n) is 3.43. The first-order chi connectivity index (χ1) is 9.22. The molecule has 96 valence electrons. The minimum absolute atomic E-state index is 0.0989. The van der Waals surface area contributed by atoms with E-state index in [0.29, 0.717) is 6.42 Å². The Morgan fingerprint density at radius 1 is 1.21 bits per heavy atom. The maximum atomic E-state index is 13.1. The number of ketones is 1. The van der Waals surface area contributed by atoms with Crippen molar-refractivity contribution in [2.45, 2.75) is 18.9 Å². The second-order valence-corrected chi connectivity index (χ2v) is 4.83. The third-order valence-corrected chi connectivity index (χ3v) is 3.43. The molecule has 1 aliphatic heterocycles. The standard InChI is InChI=1S/C16H14FNO/c17-13-6-3-4-11(8-13)9-16(19)15-10-12-5-1-2-7-14(12)18-15/h1-8,15,18H,9-10H2. The average molecular weight is 255 g/mol. The number of carbonyl (C=O) groups is 1. The molecule has 0 saturated carbocycles. The number of benzene rings is 2. The maximum Gasteiger partial charge on any atom is 0.159 e. The van der Waals surface area contributed by atoms with Gasteiger partial charge in [-0.3, -0.25) is 4.79 Å². The fraction of sp³-hybridized carbons (Fsp3) is 0.188. The van der Waals surface area contributed by atoms with E-state index in [4.69, 9.17) is 0 Å². The lowest BCUT2D eigenvalue weighted by Crippen LogP contribution is -2.28. The van der Waals surface area contributed by atoms with Gasteiger partial charge in [0.1, 0.15) is 5.82 Å². The number of hydrogen-bond donors (Lipinski definition) is 1. The van der Waals surface area contributed by atoms with Gasteiger partial charge in [0.25, 0.3) is 0 Å². The Hall–Kier alpha value is -2.16. The molecule has 0 spiro atoms. The Morgan fingerprint density at radius 2 is 2.05 bits per heavy atom. The molecule has 0 amide bonds. The molecule has 0 aromatic heterocycles. The van der Waals surface area contributed by atoms with E-state index in [-0.39, 0.29) is 24.1 Å². The number of fused-ring (bicyclic) bond motifs is 1. The van der Waals surface area contributed by atoms with Crippen LogP contribution in [-0.2, 0) is 17.6 Å². The predicted molar refractivity (Wildman–Crippen MR) is 72.7 cm³/mol. The Bertz CT molecular complexity index is 599. The van der Waals surface area contributed by atoms with Crippen molar-refractivity contribution in [2.24, 2.45) is 0 Å². The molecule has 1 aliphatic rings. The van der Waals surface area contributed by atoms with Crippen LogP contribution in [0.15, 0.2) is 48.5 Å². The van der Waals surface area contributed by atoms with Crippen LogP contribution in [0.4, 0.5) is 10.1 Å². The largest absolute Gasteiger partial charge is 0.375 e. The quantitative estimate of drug-likeness (QED) is 0.913. The van der Waals surface area contributed by atoms with Crippen molar-refractivity contribution < 1.29 is 9.18 Å². The molecule has 0 bridgehead atoms. The molecule has 0 saturated heterocycles. The van der Waals surface area contributed by atoms with E-state index >= 15 is 0 Å². The fourth-order valence-corrected chi connectivity index (χ4v) is 2.46. The summed E-state index contributed by atoms with van der Waals surface area (Å²) in [6, 6.07) is 13.9. The van der Waals surface area contributed by atoms with Crippen molar-refractivity contribution in [3.05, 3.63) is 65.5 Å². The van der Waals surface area contributed by atoms with Gasteiger partial charge in [-0.25, -0.2) is 4.39 Å². The van der Waals surface area contributed by atoms with E-state index in [9.17, 15) is 9.18 Å². The number of anilines is 1. The molecule has 2 aromatic carbocycles. The van der Waals surface area contributed by atoms with E-state index in [1.54, 1.807) is 12.1 Å². The first-order valence-corrected chi connectivity index (χ1v) is 6.34. The van der Waals surface area contributed by atoms with Gasteiger partial charge in [0.2, 0.25) is 0 Å². The summed E-state index contributed by atoms with van der Waals surface area (Å²) in [5.41, 5.74) is 2.92. The van der Waals surface area contributed by atoms with Crippen molar-refractivity contribution in [2.75, 3.05) is 5.32 Å². The normalized spacial score (nSPS) is 16.8. The van der Waals surface area contributed by atoms with Crippen LogP contribution in [0.1, 0.15) is 11.1 Å². The summed E-state index contributed by atoms with van der Waals surface area (Å²) in [5.74, 6) is -0.199. The predicted octanol–water partition coefficient (Wildman–Crippen LogP) is 2.97. The van der Waals surface area contributed by atoms with Crippen molar-refractivity contribution >= 4 is 11.5 Å². The fourth-order valence-electron chi connectivity index (χ4n) is 2.46. The van der Waals surface area contributed by atoms with Gasteiger partial charge >= 0.3 is 0 Å². The number of hydrogen-bond acceptors (Lipinski definition) is 2. The van der Waals surface area contributed by atoms with Crippen LogP contribution in [0.5, 0.6) is 0 Å². The van der Waals surface area contributed by atoms with Gasteiger partial charge in [0.05, 0.1) is 6.04 Å². The highest BCUT2D eigenvalue weighted by atomic mass is 19.1. The topological polar surface area (TPSA) is 29.1 Å². The molecule has 1 unspecified atom stereocenters. The van der Waals surface area contributed by atoms with E-state index in [2.05, 4.69) is 5.32 Å². The highest BCUT2D eigenvalue weighted by molar-refractivity contribution is 5.90. The summed E-state index contributed by atoms with van der Waals surface area (Å²) >= 11 is 0. The number of para-hydroxylation sites is 1. The van der Waals surface area contributed by atoms with Crippen LogP contribution in [0, 0.1) is 5.82 Å². The second kappa shape index (κ2) is 4.84. The molecule has 2 aromatic rings. The molecule has 0 radical (unpaired) electrons. The molecular formula is C16H14FNO. The number of halogens is 1. The Kier molecular flexibility index (Phi) is 3.03. The molecule has 2 nitrogen and oxygen atoms in total. The summed E-state index contributed by atoms with van der Waals surface area (Å²) in [6.07, 6.45) is 0.980. The van der Waals surface area contributed by atoms with Gasteiger partial charge in [-0.15, -0.1) is 0 Å². The molecule has 3 rings (SSSR count). The smallest absolute Gasteiger partial charge is 0.159 e. The van der Waals surface area contributed by atoms with Crippen LogP contribution < -0.4 is 5.32 Å². The molecule has 0 aliphatic carbocycles. The minimum Gasteiger partial charge on any atom is -0.375 e. The molecule has 3 heteroatoms. The summed E-state index contributed by atoms with van der Waals surface area (Å²) in [5, 5.41) is 3.23. The molecule has 1 heterocycles. The van der Waals surface area contributed by atoms with Gasteiger partial charge in [-0.2, -0.15) is 0 Å². The Labute approximate surface area is 111 Å². The lowest BCUT2D eigenvalue weighted by molar-refractivity contribution is -0.119. The highest BCUT2D eigenvalue weighted by Gasteiger charge is 2.25. The van der Waals surface area contributed by atoms with Crippen LogP contribution >= 0.6 is 0 Å². The van der Waals surface area contributed by atoms with Gasteiger partial charge in [0.15, 0.2) is 5.78 Å². The average Bonchev–Trinajstić information content (AvgIpc) is 2.82. The first-order valence-electron chi connectivity index (χ1n) is 6.34. The summed E-state index contributed by atoms with van der Waals surface area (Å²) in [6.45, 7) is 0.